The topological polar surface area (TPSA) is 92.5 Å². The average Bonchev–Trinajstić information content (AvgIpc) is 2.65. The molecule has 0 radical (unpaired) electrons. The lowest BCUT2D eigenvalue weighted by molar-refractivity contribution is -0.384. The zero-order valence-corrected chi connectivity index (χ0v) is 11.3. The second kappa shape index (κ2) is 4.82. The van der Waals surface area contributed by atoms with Crippen LogP contribution in [0.15, 0.2) is 24.3 Å². The predicted molar refractivity (Wildman–Crippen MR) is 72.1 cm³/mol. The van der Waals surface area contributed by atoms with Crippen LogP contribution in [-0.2, 0) is 4.79 Å². The second-order valence-corrected chi connectivity index (χ2v) is 6.65. The van der Waals surface area contributed by atoms with Gasteiger partial charge < -0.3 is 5.11 Å². The molecule has 2 atom stereocenters. The van der Waals surface area contributed by atoms with E-state index in [9.17, 15) is 14.9 Å². The molecule has 0 bridgehead atoms. The van der Waals surface area contributed by atoms with Gasteiger partial charge in [-0.1, -0.05) is 0 Å². The van der Waals surface area contributed by atoms with Crippen LogP contribution in [0.1, 0.15) is 24.8 Å². The molecule has 2 unspecified atom stereocenters. The Morgan fingerprint density at radius 1 is 1.42 bits per heavy atom. The highest BCUT2D eigenvalue weighted by molar-refractivity contribution is 8.01. The van der Waals surface area contributed by atoms with E-state index in [1.54, 1.807) is 12.1 Å². The van der Waals surface area contributed by atoms with Crippen molar-refractivity contribution in [2.45, 2.75) is 30.0 Å². The van der Waals surface area contributed by atoms with Gasteiger partial charge in [-0.05, 0) is 31.5 Å². The van der Waals surface area contributed by atoms with Crippen LogP contribution < -0.4 is 5.32 Å². The van der Waals surface area contributed by atoms with Crippen molar-refractivity contribution in [1.29, 1.82) is 0 Å². The van der Waals surface area contributed by atoms with Crippen molar-refractivity contribution < 1.29 is 14.8 Å². The summed E-state index contributed by atoms with van der Waals surface area (Å²) in [7, 11) is 0. The van der Waals surface area contributed by atoms with Gasteiger partial charge in [-0.3, -0.25) is 20.2 Å². The summed E-state index contributed by atoms with van der Waals surface area (Å²) in [6.45, 7) is 3.74. The molecule has 7 heteroatoms. The molecule has 1 heterocycles. The molecule has 0 saturated carbocycles. The fourth-order valence-electron chi connectivity index (χ4n) is 2.06. The summed E-state index contributed by atoms with van der Waals surface area (Å²) >= 11 is 1.51. The first-order valence-electron chi connectivity index (χ1n) is 5.72. The van der Waals surface area contributed by atoms with E-state index in [1.807, 2.05) is 13.8 Å². The summed E-state index contributed by atoms with van der Waals surface area (Å²) in [5, 5.41) is 22.6. The smallest absolute Gasteiger partial charge is 0.322 e. The second-order valence-electron chi connectivity index (χ2n) is 4.89. The lowest BCUT2D eigenvalue weighted by Gasteiger charge is -2.20. The van der Waals surface area contributed by atoms with Gasteiger partial charge in [0.05, 0.1) is 10.3 Å². The number of aliphatic carboxylic acids is 1. The van der Waals surface area contributed by atoms with Crippen molar-refractivity contribution in [3.05, 3.63) is 39.9 Å². The molecular weight excluding hydrogens is 268 g/mol. The van der Waals surface area contributed by atoms with Crippen LogP contribution in [0, 0.1) is 10.1 Å². The van der Waals surface area contributed by atoms with Crippen molar-refractivity contribution >= 4 is 23.4 Å². The molecule has 19 heavy (non-hydrogen) atoms. The highest BCUT2D eigenvalue weighted by Crippen LogP contribution is 2.45. The minimum atomic E-state index is -0.887. The summed E-state index contributed by atoms with van der Waals surface area (Å²) in [5.74, 6) is -0.887. The Morgan fingerprint density at radius 2 is 2.00 bits per heavy atom. The first-order chi connectivity index (χ1) is 8.81. The fraction of sp³-hybridized carbons (Fsp3) is 0.417. The van der Waals surface area contributed by atoms with E-state index in [2.05, 4.69) is 5.32 Å². The van der Waals surface area contributed by atoms with E-state index in [0.29, 0.717) is 0 Å². The molecule has 1 aliphatic heterocycles. The maximum absolute atomic E-state index is 11.2. The third-order valence-corrected chi connectivity index (χ3v) is 4.58. The highest BCUT2D eigenvalue weighted by atomic mass is 32.2. The van der Waals surface area contributed by atoms with Crippen LogP contribution in [-0.4, -0.2) is 26.8 Å². The zero-order valence-electron chi connectivity index (χ0n) is 10.5. The third-order valence-electron chi connectivity index (χ3n) is 3.09. The van der Waals surface area contributed by atoms with Gasteiger partial charge in [-0.15, -0.1) is 11.8 Å². The van der Waals surface area contributed by atoms with Gasteiger partial charge in [0.2, 0.25) is 0 Å². The van der Waals surface area contributed by atoms with Gasteiger partial charge in [0, 0.05) is 16.9 Å². The van der Waals surface area contributed by atoms with E-state index in [0.717, 1.165) is 5.56 Å². The summed E-state index contributed by atoms with van der Waals surface area (Å²) in [6, 6.07) is 5.53. The van der Waals surface area contributed by atoms with Gasteiger partial charge in [-0.25, -0.2) is 0 Å². The summed E-state index contributed by atoms with van der Waals surface area (Å²) in [6.07, 6.45) is 0. The average molecular weight is 282 g/mol. The van der Waals surface area contributed by atoms with Crippen molar-refractivity contribution in [2.75, 3.05) is 0 Å². The Hall–Kier alpha value is -1.60. The standard InChI is InChI=1S/C12H14N2O4S/c1-12(2)9(11(15)16)13-10(19-12)7-3-5-8(6-4-7)14(17)18/h3-6,9-10,13H,1-2H3,(H,15,16). The molecule has 0 spiro atoms. The molecule has 6 nitrogen and oxygen atoms in total. The van der Waals surface area contributed by atoms with Gasteiger partial charge in [0.1, 0.15) is 6.04 Å². The van der Waals surface area contributed by atoms with Crippen LogP contribution in [0.5, 0.6) is 0 Å². The number of thioether (sulfide) groups is 1. The molecule has 0 aromatic heterocycles. The van der Waals surface area contributed by atoms with E-state index in [4.69, 9.17) is 5.11 Å². The number of rotatable bonds is 3. The number of non-ortho nitro benzene ring substituents is 1. The molecular formula is C12H14N2O4S. The minimum absolute atomic E-state index is 0.0285. The molecule has 102 valence electrons. The highest BCUT2D eigenvalue weighted by Gasteiger charge is 2.45. The maximum atomic E-state index is 11.2. The van der Waals surface area contributed by atoms with Crippen molar-refractivity contribution in [2.24, 2.45) is 0 Å². The van der Waals surface area contributed by atoms with Crippen molar-refractivity contribution in [1.82, 2.24) is 5.32 Å². The number of carboxylic acid groups (broad SMARTS) is 1. The molecule has 1 aromatic carbocycles. The normalized spacial score (nSPS) is 25.2. The van der Waals surface area contributed by atoms with Crippen LogP contribution >= 0.6 is 11.8 Å². The number of nitro groups is 1. The largest absolute Gasteiger partial charge is 0.480 e. The SMILES string of the molecule is CC1(C)SC(c2ccc([N+](=O)[O-])cc2)NC1C(=O)O. The molecule has 0 amide bonds. The van der Waals surface area contributed by atoms with E-state index < -0.39 is 21.7 Å². The molecule has 1 fully saturated rings. The predicted octanol–water partition coefficient (Wildman–Crippen LogP) is 2.16. The first kappa shape index (κ1) is 13.8. The Bertz CT molecular complexity index is 515. The number of hydrogen-bond donors (Lipinski definition) is 2. The summed E-state index contributed by atoms with van der Waals surface area (Å²) in [4.78, 5) is 21.3. The molecule has 1 saturated heterocycles. The van der Waals surface area contributed by atoms with Gasteiger partial charge in [-0.2, -0.15) is 0 Å². The van der Waals surface area contributed by atoms with Crippen molar-refractivity contribution in [3.63, 3.8) is 0 Å². The quantitative estimate of drug-likeness (QED) is 0.652. The monoisotopic (exact) mass is 282 g/mol. The number of carbonyl (C=O) groups is 1. The molecule has 1 aliphatic rings. The maximum Gasteiger partial charge on any atom is 0.322 e. The number of carboxylic acids is 1. The lowest BCUT2D eigenvalue weighted by Crippen LogP contribution is -2.43. The third kappa shape index (κ3) is 2.71. The Labute approximate surface area is 114 Å². The van der Waals surface area contributed by atoms with E-state index in [-0.39, 0.29) is 11.1 Å². The minimum Gasteiger partial charge on any atom is -0.480 e. The molecule has 0 aliphatic carbocycles. The Balaban J connectivity index is 2.20. The number of nitrogens with zero attached hydrogens (tertiary/aromatic N) is 1. The van der Waals surface area contributed by atoms with E-state index in [1.165, 1.54) is 23.9 Å². The molecule has 1 aromatic rings. The van der Waals surface area contributed by atoms with Crippen LogP contribution in [0.3, 0.4) is 0 Å². The van der Waals surface area contributed by atoms with Crippen LogP contribution in [0.25, 0.3) is 0 Å². The van der Waals surface area contributed by atoms with Gasteiger partial charge in [0.15, 0.2) is 0 Å². The van der Waals surface area contributed by atoms with Crippen LogP contribution in [0.2, 0.25) is 0 Å². The Morgan fingerprint density at radius 3 is 2.42 bits per heavy atom. The van der Waals surface area contributed by atoms with Gasteiger partial charge >= 0.3 is 5.97 Å². The fourth-order valence-corrected chi connectivity index (χ4v) is 3.47. The number of hydrogen-bond acceptors (Lipinski definition) is 5. The number of benzene rings is 1. The molecule has 2 rings (SSSR count). The zero-order chi connectivity index (χ0) is 14.2. The lowest BCUT2D eigenvalue weighted by atomic mass is 10.0. The van der Waals surface area contributed by atoms with Crippen LogP contribution in [0.4, 0.5) is 5.69 Å². The number of nitro benzene ring substituents is 1. The molecule has 2 N–H and O–H groups in total. The first-order valence-corrected chi connectivity index (χ1v) is 6.60. The number of nitrogens with one attached hydrogen (secondary N) is 1. The Kier molecular flexibility index (Phi) is 3.51. The van der Waals surface area contributed by atoms with E-state index >= 15 is 0 Å². The van der Waals surface area contributed by atoms with Crippen molar-refractivity contribution in [3.8, 4) is 0 Å². The summed E-state index contributed by atoms with van der Waals surface area (Å²) < 4.78 is -0.432. The summed E-state index contributed by atoms with van der Waals surface area (Å²) in [5.41, 5.74) is 0.869. The van der Waals surface area contributed by atoms with Gasteiger partial charge in [0.25, 0.3) is 5.69 Å².